The largest absolute Gasteiger partial charge is 0.493 e. The fourth-order valence-corrected chi connectivity index (χ4v) is 4.23. The van der Waals surface area contributed by atoms with Crippen LogP contribution in [-0.2, 0) is 4.74 Å². The molecular formula is C22H25FN2O4S. The molecule has 0 spiro atoms. The minimum absolute atomic E-state index is 0.00883. The van der Waals surface area contributed by atoms with Gasteiger partial charge in [0.25, 0.3) is 0 Å². The molecule has 0 aliphatic heterocycles. The van der Waals surface area contributed by atoms with Crippen LogP contribution in [0.25, 0.3) is 11.3 Å². The van der Waals surface area contributed by atoms with Crippen molar-refractivity contribution >= 4 is 17.0 Å². The first-order chi connectivity index (χ1) is 14.5. The van der Waals surface area contributed by atoms with Crippen LogP contribution >= 0.6 is 11.3 Å². The first kappa shape index (κ1) is 21.9. The van der Waals surface area contributed by atoms with Crippen molar-refractivity contribution in [2.45, 2.75) is 13.0 Å². The maximum Gasteiger partial charge on any atom is 0.203 e. The Kier molecular flexibility index (Phi) is 7.12. The maximum atomic E-state index is 13.3. The van der Waals surface area contributed by atoms with E-state index in [9.17, 15) is 4.39 Å². The Morgan fingerprint density at radius 2 is 1.63 bits per heavy atom. The van der Waals surface area contributed by atoms with Crippen LogP contribution in [0.2, 0.25) is 0 Å². The van der Waals surface area contributed by atoms with E-state index in [-0.39, 0.29) is 11.9 Å². The van der Waals surface area contributed by atoms with Crippen LogP contribution in [0.4, 0.5) is 10.1 Å². The van der Waals surface area contributed by atoms with Gasteiger partial charge in [-0.1, -0.05) is 0 Å². The molecule has 0 bridgehead atoms. The molecule has 2 aromatic carbocycles. The summed E-state index contributed by atoms with van der Waals surface area (Å²) in [6, 6.07) is 9.92. The predicted octanol–water partition coefficient (Wildman–Crippen LogP) is 4.82. The Morgan fingerprint density at radius 1 is 1.00 bits per heavy atom. The number of halogens is 1. The van der Waals surface area contributed by atoms with Crippen LogP contribution in [0.15, 0.2) is 46.8 Å². The lowest BCUT2D eigenvalue weighted by atomic mass is 10.1. The van der Waals surface area contributed by atoms with Crippen molar-refractivity contribution in [3.05, 3.63) is 52.4 Å². The van der Waals surface area contributed by atoms with E-state index in [0.29, 0.717) is 29.5 Å². The van der Waals surface area contributed by atoms with E-state index >= 15 is 0 Å². The number of benzene rings is 2. The third-order valence-corrected chi connectivity index (χ3v) is 5.44. The van der Waals surface area contributed by atoms with Crippen molar-refractivity contribution < 1.29 is 23.3 Å². The summed E-state index contributed by atoms with van der Waals surface area (Å²) in [6.07, 6.45) is 0. The van der Waals surface area contributed by atoms with E-state index in [1.54, 1.807) is 40.6 Å². The van der Waals surface area contributed by atoms with Crippen LogP contribution in [0.5, 0.6) is 17.2 Å². The average Bonchev–Trinajstić information content (AvgIpc) is 3.18. The van der Waals surface area contributed by atoms with Crippen molar-refractivity contribution in [3.63, 3.8) is 0 Å². The number of methoxy groups -OCH3 is 4. The highest BCUT2D eigenvalue weighted by atomic mass is 32.1. The van der Waals surface area contributed by atoms with E-state index in [1.807, 2.05) is 17.5 Å². The third-order valence-electron chi connectivity index (χ3n) is 4.60. The van der Waals surface area contributed by atoms with Crippen molar-refractivity contribution in [2.24, 2.45) is 4.99 Å². The van der Waals surface area contributed by atoms with Gasteiger partial charge in [-0.2, -0.15) is 0 Å². The zero-order valence-corrected chi connectivity index (χ0v) is 18.5. The Labute approximate surface area is 179 Å². The highest BCUT2D eigenvalue weighted by Crippen LogP contribution is 2.41. The van der Waals surface area contributed by atoms with Gasteiger partial charge in [-0.05, 0) is 43.3 Å². The topological polar surface area (TPSA) is 54.2 Å². The lowest BCUT2D eigenvalue weighted by Crippen LogP contribution is -2.23. The fourth-order valence-electron chi connectivity index (χ4n) is 3.21. The summed E-state index contributed by atoms with van der Waals surface area (Å²) in [7, 11) is 6.42. The summed E-state index contributed by atoms with van der Waals surface area (Å²) in [5.74, 6) is 1.38. The highest BCUT2D eigenvalue weighted by molar-refractivity contribution is 7.07. The number of nitrogens with zero attached hydrogens (tertiary/aromatic N) is 2. The van der Waals surface area contributed by atoms with E-state index in [2.05, 4.69) is 11.5 Å². The van der Waals surface area contributed by atoms with Gasteiger partial charge in [-0.3, -0.25) is 0 Å². The third kappa shape index (κ3) is 4.49. The Bertz CT molecular complexity index is 1030. The second-order valence-corrected chi connectivity index (χ2v) is 7.42. The van der Waals surface area contributed by atoms with Gasteiger partial charge >= 0.3 is 0 Å². The number of hydrogen-bond acceptors (Lipinski definition) is 6. The fraction of sp³-hybridized carbons (Fsp3) is 0.318. The first-order valence-corrected chi connectivity index (χ1v) is 10.2. The van der Waals surface area contributed by atoms with Crippen LogP contribution < -0.4 is 19.0 Å². The van der Waals surface area contributed by atoms with Crippen LogP contribution in [-0.4, -0.2) is 39.6 Å². The van der Waals surface area contributed by atoms with Crippen LogP contribution in [0.1, 0.15) is 13.0 Å². The molecule has 1 atom stereocenters. The molecule has 1 heterocycles. The van der Waals surface area contributed by atoms with E-state index in [1.165, 1.54) is 23.5 Å². The number of rotatable bonds is 8. The molecule has 1 aromatic heterocycles. The summed E-state index contributed by atoms with van der Waals surface area (Å²) >= 11 is 1.50. The molecule has 0 radical (unpaired) electrons. The van der Waals surface area contributed by atoms with Gasteiger partial charge in [0.1, 0.15) is 5.82 Å². The summed E-state index contributed by atoms with van der Waals surface area (Å²) in [5.41, 5.74) is 2.50. The van der Waals surface area contributed by atoms with Crippen molar-refractivity contribution in [2.75, 3.05) is 35.0 Å². The molecule has 0 amide bonds. The number of aromatic nitrogens is 1. The zero-order chi connectivity index (χ0) is 21.7. The molecule has 3 aromatic rings. The van der Waals surface area contributed by atoms with Gasteiger partial charge in [0.05, 0.1) is 45.4 Å². The van der Waals surface area contributed by atoms with Gasteiger partial charge in [0.2, 0.25) is 5.75 Å². The number of thiazole rings is 1. The molecule has 6 nitrogen and oxygen atoms in total. The van der Waals surface area contributed by atoms with Gasteiger partial charge in [-0.15, -0.1) is 11.3 Å². The zero-order valence-electron chi connectivity index (χ0n) is 17.6. The molecule has 0 N–H and O–H groups in total. The molecular weight excluding hydrogens is 407 g/mol. The van der Waals surface area contributed by atoms with Crippen molar-refractivity contribution in [1.29, 1.82) is 0 Å². The monoisotopic (exact) mass is 432 g/mol. The molecule has 30 heavy (non-hydrogen) atoms. The SMILES string of the molecule is COCC(C)n1c(-c2cc(OC)c(OC)c(OC)c2)csc1=Nc1ccc(F)cc1. The molecule has 0 aliphatic carbocycles. The molecule has 1 unspecified atom stereocenters. The second kappa shape index (κ2) is 9.77. The summed E-state index contributed by atoms with van der Waals surface area (Å²) < 4.78 is 37.2. The molecule has 0 aliphatic rings. The van der Waals surface area contributed by atoms with Crippen molar-refractivity contribution in [3.8, 4) is 28.5 Å². The summed E-state index contributed by atoms with van der Waals surface area (Å²) in [6.45, 7) is 2.56. The number of hydrogen-bond donors (Lipinski definition) is 0. The van der Waals surface area contributed by atoms with Gasteiger partial charge < -0.3 is 23.5 Å². The quantitative estimate of drug-likeness (QED) is 0.512. The molecule has 3 rings (SSSR count). The van der Waals surface area contributed by atoms with Crippen LogP contribution in [0.3, 0.4) is 0 Å². The molecule has 160 valence electrons. The lowest BCUT2D eigenvalue weighted by Gasteiger charge is -2.18. The smallest absolute Gasteiger partial charge is 0.203 e. The minimum atomic E-state index is -0.293. The molecule has 0 fully saturated rings. The first-order valence-electron chi connectivity index (χ1n) is 9.32. The average molecular weight is 433 g/mol. The Morgan fingerprint density at radius 3 is 2.17 bits per heavy atom. The summed E-state index contributed by atoms with van der Waals surface area (Å²) in [5, 5.41) is 2.02. The molecule has 0 saturated carbocycles. The molecule has 8 heteroatoms. The van der Waals surface area contributed by atoms with Gasteiger partial charge in [0.15, 0.2) is 16.3 Å². The van der Waals surface area contributed by atoms with E-state index in [4.69, 9.17) is 23.9 Å². The standard InChI is InChI=1S/C22H25FN2O4S/c1-14(12-26-2)25-18(13-30-22(25)24-17-8-6-16(23)7-9-17)15-10-19(27-3)21(29-5)20(11-15)28-4/h6-11,13-14H,12H2,1-5H3. The van der Waals surface area contributed by atoms with E-state index in [0.717, 1.165) is 16.1 Å². The molecule has 0 saturated heterocycles. The normalized spacial score (nSPS) is 12.7. The predicted molar refractivity (Wildman–Crippen MR) is 116 cm³/mol. The van der Waals surface area contributed by atoms with Gasteiger partial charge in [0, 0.05) is 18.1 Å². The van der Waals surface area contributed by atoms with Crippen LogP contribution in [0, 0.1) is 5.82 Å². The van der Waals surface area contributed by atoms with Gasteiger partial charge in [-0.25, -0.2) is 9.38 Å². The number of ether oxygens (including phenoxy) is 4. The van der Waals surface area contributed by atoms with Crippen molar-refractivity contribution in [1.82, 2.24) is 4.57 Å². The lowest BCUT2D eigenvalue weighted by molar-refractivity contribution is 0.162. The second-order valence-electron chi connectivity index (χ2n) is 6.58. The minimum Gasteiger partial charge on any atom is -0.493 e. The Balaban J connectivity index is 2.20. The summed E-state index contributed by atoms with van der Waals surface area (Å²) in [4.78, 5) is 5.50. The Hall–Kier alpha value is -2.84. The highest BCUT2D eigenvalue weighted by Gasteiger charge is 2.19. The van der Waals surface area contributed by atoms with E-state index < -0.39 is 0 Å². The maximum absolute atomic E-state index is 13.3.